The SMILES string of the molecule is CC(C)Oc1ccc(NC(=O)CCC(=O)c2ccc3c(c2)CC(=O)N3)cc1. The number of amides is 2. The Bertz CT molecular complexity index is 872. The first kappa shape index (κ1) is 18.6. The first-order valence-electron chi connectivity index (χ1n) is 8.93. The maximum atomic E-state index is 12.3. The van der Waals surface area contributed by atoms with E-state index in [4.69, 9.17) is 4.74 Å². The van der Waals surface area contributed by atoms with Gasteiger partial charge in [-0.25, -0.2) is 0 Å². The Hall–Kier alpha value is -3.15. The highest BCUT2D eigenvalue weighted by Crippen LogP contribution is 2.24. The van der Waals surface area contributed by atoms with Crippen molar-refractivity contribution in [2.75, 3.05) is 10.6 Å². The molecule has 2 N–H and O–H groups in total. The van der Waals surface area contributed by atoms with Crippen molar-refractivity contribution in [2.45, 2.75) is 39.2 Å². The number of fused-ring (bicyclic) bond motifs is 1. The molecule has 0 unspecified atom stereocenters. The van der Waals surface area contributed by atoms with Crippen LogP contribution in [0.3, 0.4) is 0 Å². The molecule has 1 aliphatic heterocycles. The zero-order chi connectivity index (χ0) is 19.4. The van der Waals surface area contributed by atoms with Gasteiger partial charge in [0.25, 0.3) is 0 Å². The van der Waals surface area contributed by atoms with Gasteiger partial charge in [0.05, 0.1) is 12.5 Å². The van der Waals surface area contributed by atoms with E-state index in [-0.39, 0.29) is 43.0 Å². The maximum Gasteiger partial charge on any atom is 0.228 e. The minimum absolute atomic E-state index is 0.0706. The molecule has 27 heavy (non-hydrogen) atoms. The van der Waals surface area contributed by atoms with E-state index in [1.807, 2.05) is 13.8 Å². The Kier molecular flexibility index (Phi) is 5.54. The van der Waals surface area contributed by atoms with Crippen molar-refractivity contribution in [1.29, 1.82) is 0 Å². The monoisotopic (exact) mass is 366 g/mol. The molecule has 3 rings (SSSR count). The van der Waals surface area contributed by atoms with Crippen LogP contribution < -0.4 is 15.4 Å². The number of hydrogen-bond donors (Lipinski definition) is 2. The van der Waals surface area contributed by atoms with Crippen LogP contribution in [0.15, 0.2) is 42.5 Å². The molecule has 1 heterocycles. The summed E-state index contributed by atoms with van der Waals surface area (Å²) in [5, 5.41) is 5.51. The molecule has 0 saturated carbocycles. The van der Waals surface area contributed by atoms with Gasteiger partial charge in [0.1, 0.15) is 5.75 Å². The highest BCUT2D eigenvalue weighted by Gasteiger charge is 2.19. The molecule has 2 amide bonds. The van der Waals surface area contributed by atoms with Gasteiger partial charge in [-0.3, -0.25) is 14.4 Å². The quantitative estimate of drug-likeness (QED) is 0.734. The summed E-state index contributed by atoms with van der Waals surface area (Å²) < 4.78 is 5.56. The summed E-state index contributed by atoms with van der Waals surface area (Å²) in [6.45, 7) is 3.89. The second-order valence-corrected chi connectivity index (χ2v) is 6.76. The fraction of sp³-hybridized carbons (Fsp3) is 0.286. The standard InChI is InChI=1S/C21H22N2O4/c1-13(2)27-17-6-4-16(5-7-17)22-20(25)10-9-19(24)14-3-8-18-15(11-14)12-21(26)23-18/h3-8,11,13H,9-10,12H2,1-2H3,(H,22,25)(H,23,26). The Labute approximate surface area is 157 Å². The predicted octanol–water partition coefficient (Wildman–Crippen LogP) is 3.57. The Morgan fingerprint density at radius 1 is 1.11 bits per heavy atom. The molecule has 140 valence electrons. The topological polar surface area (TPSA) is 84.5 Å². The molecule has 0 fully saturated rings. The number of benzene rings is 2. The molecule has 0 aliphatic carbocycles. The van der Waals surface area contributed by atoms with E-state index in [9.17, 15) is 14.4 Å². The average molecular weight is 366 g/mol. The van der Waals surface area contributed by atoms with Crippen LogP contribution >= 0.6 is 0 Å². The fourth-order valence-corrected chi connectivity index (χ4v) is 2.89. The van der Waals surface area contributed by atoms with Crippen molar-refractivity contribution in [2.24, 2.45) is 0 Å². The summed E-state index contributed by atoms with van der Waals surface area (Å²) in [6, 6.07) is 12.2. The van der Waals surface area contributed by atoms with Gasteiger partial charge in [-0.15, -0.1) is 0 Å². The van der Waals surface area contributed by atoms with Gasteiger partial charge < -0.3 is 15.4 Å². The molecule has 0 spiro atoms. The van der Waals surface area contributed by atoms with Crippen molar-refractivity contribution in [3.63, 3.8) is 0 Å². The Morgan fingerprint density at radius 3 is 2.56 bits per heavy atom. The van der Waals surface area contributed by atoms with E-state index in [0.29, 0.717) is 11.3 Å². The highest BCUT2D eigenvalue weighted by atomic mass is 16.5. The van der Waals surface area contributed by atoms with Gasteiger partial charge in [0.2, 0.25) is 11.8 Å². The van der Waals surface area contributed by atoms with Gasteiger partial charge in [-0.2, -0.15) is 0 Å². The lowest BCUT2D eigenvalue weighted by Crippen LogP contribution is -2.13. The third-order valence-electron chi connectivity index (χ3n) is 4.14. The van der Waals surface area contributed by atoms with E-state index in [0.717, 1.165) is 17.0 Å². The highest BCUT2D eigenvalue weighted by molar-refractivity contribution is 6.03. The van der Waals surface area contributed by atoms with Gasteiger partial charge in [-0.05, 0) is 61.9 Å². The van der Waals surface area contributed by atoms with Crippen LogP contribution in [0.5, 0.6) is 5.75 Å². The third kappa shape index (κ3) is 4.94. The molecule has 0 radical (unpaired) electrons. The summed E-state index contributed by atoms with van der Waals surface area (Å²) in [5.74, 6) is 0.327. The summed E-state index contributed by atoms with van der Waals surface area (Å²) in [7, 11) is 0. The molecule has 1 aliphatic rings. The second kappa shape index (κ2) is 8.03. The van der Waals surface area contributed by atoms with E-state index in [1.54, 1.807) is 42.5 Å². The van der Waals surface area contributed by atoms with Gasteiger partial charge in [-0.1, -0.05) is 0 Å². The minimum Gasteiger partial charge on any atom is -0.491 e. The van der Waals surface area contributed by atoms with Crippen LogP contribution in [0.4, 0.5) is 11.4 Å². The van der Waals surface area contributed by atoms with Crippen LogP contribution in [0.1, 0.15) is 42.6 Å². The van der Waals surface area contributed by atoms with Crippen LogP contribution in [0, 0.1) is 0 Å². The van der Waals surface area contributed by atoms with Crippen molar-refractivity contribution in [3.05, 3.63) is 53.6 Å². The first-order chi connectivity index (χ1) is 12.9. The Balaban J connectivity index is 1.51. The van der Waals surface area contributed by atoms with E-state index >= 15 is 0 Å². The molecular weight excluding hydrogens is 344 g/mol. The number of rotatable bonds is 7. The van der Waals surface area contributed by atoms with Crippen molar-refractivity contribution < 1.29 is 19.1 Å². The van der Waals surface area contributed by atoms with Gasteiger partial charge in [0, 0.05) is 29.8 Å². The summed E-state index contributed by atoms with van der Waals surface area (Å²) in [6.07, 6.45) is 0.579. The second-order valence-electron chi connectivity index (χ2n) is 6.76. The number of carbonyl (C=O) groups excluding carboxylic acids is 3. The Morgan fingerprint density at radius 2 is 1.85 bits per heavy atom. The van der Waals surface area contributed by atoms with E-state index < -0.39 is 0 Å². The largest absolute Gasteiger partial charge is 0.491 e. The van der Waals surface area contributed by atoms with Crippen molar-refractivity contribution >= 4 is 29.0 Å². The van der Waals surface area contributed by atoms with E-state index in [1.165, 1.54) is 0 Å². The summed E-state index contributed by atoms with van der Waals surface area (Å²) in [4.78, 5) is 35.8. The molecule has 6 nitrogen and oxygen atoms in total. The first-order valence-corrected chi connectivity index (χ1v) is 8.93. The van der Waals surface area contributed by atoms with Gasteiger partial charge >= 0.3 is 0 Å². The lowest BCUT2D eigenvalue weighted by molar-refractivity contribution is -0.116. The zero-order valence-electron chi connectivity index (χ0n) is 15.4. The number of ether oxygens (including phenoxy) is 1. The molecule has 0 saturated heterocycles. The minimum atomic E-state index is -0.223. The van der Waals surface area contributed by atoms with Crippen LogP contribution in [0.25, 0.3) is 0 Å². The molecule has 0 bridgehead atoms. The molecule has 0 atom stereocenters. The lowest BCUT2D eigenvalue weighted by atomic mass is 10.0. The zero-order valence-corrected chi connectivity index (χ0v) is 15.4. The summed E-state index contributed by atoms with van der Waals surface area (Å²) >= 11 is 0. The normalized spacial score (nSPS) is 12.5. The van der Waals surface area contributed by atoms with Crippen LogP contribution in [-0.2, 0) is 16.0 Å². The number of Topliss-reactive ketones (excluding diaryl/α,β-unsaturated/α-hetero) is 1. The number of anilines is 2. The van der Waals surface area contributed by atoms with Gasteiger partial charge in [0.15, 0.2) is 5.78 Å². The van der Waals surface area contributed by atoms with Crippen LogP contribution in [0.2, 0.25) is 0 Å². The van der Waals surface area contributed by atoms with Crippen molar-refractivity contribution in [3.8, 4) is 5.75 Å². The smallest absolute Gasteiger partial charge is 0.228 e. The lowest BCUT2D eigenvalue weighted by Gasteiger charge is -2.10. The van der Waals surface area contributed by atoms with E-state index in [2.05, 4.69) is 10.6 Å². The predicted molar refractivity (Wildman–Crippen MR) is 103 cm³/mol. The third-order valence-corrected chi connectivity index (χ3v) is 4.14. The molecule has 0 aromatic heterocycles. The molecule has 6 heteroatoms. The summed E-state index contributed by atoms with van der Waals surface area (Å²) in [5.41, 5.74) is 2.75. The number of ketones is 1. The molecule has 2 aromatic carbocycles. The molecular formula is C21H22N2O4. The maximum absolute atomic E-state index is 12.3. The van der Waals surface area contributed by atoms with Crippen molar-refractivity contribution in [1.82, 2.24) is 0 Å². The molecule has 2 aromatic rings. The number of nitrogens with one attached hydrogen (secondary N) is 2. The fourth-order valence-electron chi connectivity index (χ4n) is 2.89. The number of hydrogen-bond acceptors (Lipinski definition) is 4. The number of carbonyl (C=O) groups is 3. The average Bonchev–Trinajstić information content (AvgIpc) is 3.00. The van der Waals surface area contributed by atoms with Crippen LogP contribution in [-0.4, -0.2) is 23.7 Å².